The SMILES string of the molecule is COc1ccc(NC(=O)NCC(C)(C)c2ccc(OC)c(OC)c2)cc1OC. The van der Waals surface area contributed by atoms with Crippen LogP contribution in [0.25, 0.3) is 0 Å². The van der Waals surface area contributed by atoms with Gasteiger partial charge in [0.05, 0.1) is 28.4 Å². The summed E-state index contributed by atoms with van der Waals surface area (Å²) < 4.78 is 21.1. The smallest absolute Gasteiger partial charge is 0.319 e. The molecule has 0 saturated carbocycles. The van der Waals surface area contributed by atoms with E-state index in [0.717, 1.165) is 5.56 Å². The van der Waals surface area contributed by atoms with Crippen LogP contribution in [0.2, 0.25) is 0 Å². The zero-order valence-corrected chi connectivity index (χ0v) is 17.2. The van der Waals surface area contributed by atoms with Crippen molar-refractivity contribution in [2.75, 3.05) is 40.3 Å². The number of carbonyl (C=O) groups excluding carboxylic acids is 1. The molecule has 0 saturated heterocycles. The molecule has 0 aliphatic carbocycles. The molecule has 0 bridgehead atoms. The third kappa shape index (κ3) is 5.00. The maximum absolute atomic E-state index is 12.3. The number of benzene rings is 2. The maximum Gasteiger partial charge on any atom is 0.319 e. The summed E-state index contributed by atoms with van der Waals surface area (Å²) in [6.07, 6.45) is 0. The van der Waals surface area contributed by atoms with E-state index >= 15 is 0 Å². The molecule has 7 heteroatoms. The van der Waals surface area contributed by atoms with Crippen molar-refractivity contribution in [1.29, 1.82) is 0 Å². The number of anilines is 1. The van der Waals surface area contributed by atoms with Crippen molar-refractivity contribution in [1.82, 2.24) is 5.32 Å². The quantitative estimate of drug-likeness (QED) is 0.719. The summed E-state index contributed by atoms with van der Waals surface area (Å²) in [5, 5.41) is 5.71. The van der Waals surface area contributed by atoms with Crippen LogP contribution in [0.3, 0.4) is 0 Å². The van der Waals surface area contributed by atoms with Crippen LogP contribution < -0.4 is 29.6 Å². The first-order chi connectivity index (χ1) is 13.3. The molecule has 0 fully saturated rings. The zero-order chi connectivity index (χ0) is 20.7. The summed E-state index contributed by atoms with van der Waals surface area (Å²) in [6.45, 7) is 4.53. The van der Waals surface area contributed by atoms with Crippen molar-refractivity contribution in [2.24, 2.45) is 0 Å². The van der Waals surface area contributed by atoms with Gasteiger partial charge in [0.25, 0.3) is 0 Å². The summed E-state index contributed by atoms with van der Waals surface area (Å²) in [7, 11) is 6.31. The van der Waals surface area contributed by atoms with Gasteiger partial charge in [0.1, 0.15) is 0 Å². The Morgan fingerprint density at radius 1 is 0.821 bits per heavy atom. The molecule has 0 unspecified atom stereocenters. The van der Waals surface area contributed by atoms with Gasteiger partial charge in [0.15, 0.2) is 23.0 Å². The van der Waals surface area contributed by atoms with Crippen molar-refractivity contribution in [3.63, 3.8) is 0 Å². The van der Waals surface area contributed by atoms with E-state index in [1.807, 2.05) is 32.0 Å². The fourth-order valence-electron chi connectivity index (χ4n) is 2.75. The highest BCUT2D eigenvalue weighted by Crippen LogP contribution is 2.33. The summed E-state index contributed by atoms with van der Waals surface area (Å²) >= 11 is 0. The second-order valence-corrected chi connectivity index (χ2v) is 6.83. The lowest BCUT2D eigenvalue weighted by Crippen LogP contribution is -2.39. The summed E-state index contributed by atoms with van der Waals surface area (Å²) in [6, 6.07) is 10.6. The molecule has 0 spiro atoms. The highest BCUT2D eigenvalue weighted by Gasteiger charge is 2.23. The van der Waals surface area contributed by atoms with Gasteiger partial charge >= 0.3 is 6.03 Å². The Morgan fingerprint density at radius 2 is 1.36 bits per heavy atom. The van der Waals surface area contributed by atoms with Crippen molar-refractivity contribution in [2.45, 2.75) is 19.3 Å². The summed E-state index contributed by atoms with van der Waals surface area (Å²) in [5.41, 5.74) is 1.32. The highest BCUT2D eigenvalue weighted by atomic mass is 16.5. The van der Waals surface area contributed by atoms with Crippen molar-refractivity contribution < 1.29 is 23.7 Å². The minimum Gasteiger partial charge on any atom is -0.493 e. The second-order valence-electron chi connectivity index (χ2n) is 6.83. The molecule has 0 aliphatic heterocycles. The molecule has 28 heavy (non-hydrogen) atoms. The van der Waals surface area contributed by atoms with Gasteiger partial charge in [0, 0.05) is 23.7 Å². The van der Waals surface area contributed by atoms with Crippen molar-refractivity contribution >= 4 is 11.7 Å². The van der Waals surface area contributed by atoms with Crippen LogP contribution in [0.5, 0.6) is 23.0 Å². The number of hydrogen-bond acceptors (Lipinski definition) is 5. The fraction of sp³-hybridized carbons (Fsp3) is 0.381. The molecular weight excluding hydrogens is 360 g/mol. The van der Waals surface area contributed by atoms with E-state index in [1.54, 1.807) is 46.6 Å². The van der Waals surface area contributed by atoms with Crippen LogP contribution >= 0.6 is 0 Å². The second kappa shape index (κ2) is 9.21. The zero-order valence-electron chi connectivity index (χ0n) is 17.2. The van der Waals surface area contributed by atoms with Crippen LogP contribution in [0.15, 0.2) is 36.4 Å². The average Bonchev–Trinajstić information content (AvgIpc) is 2.71. The van der Waals surface area contributed by atoms with Crippen LogP contribution in [0, 0.1) is 0 Å². The van der Waals surface area contributed by atoms with Gasteiger partial charge < -0.3 is 29.6 Å². The minimum atomic E-state index is -0.311. The lowest BCUT2D eigenvalue weighted by molar-refractivity contribution is 0.249. The molecule has 2 amide bonds. The number of amides is 2. The number of carbonyl (C=O) groups is 1. The molecule has 0 aliphatic rings. The van der Waals surface area contributed by atoms with Crippen molar-refractivity contribution in [3.8, 4) is 23.0 Å². The highest BCUT2D eigenvalue weighted by molar-refractivity contribution is 5.89. The fourth-order valence-corrected chi connectivity index (χ4v) is 2.75. The molecule has 152 valence electrons. The number of urea groups is 1. The molecule has 2 rings (SSSR count). The van der Waals surface area contributed by atoms with Gasteiger partial charge in [-0.15, -0.1) is 0 Å². The molecule has 7 nitrogen and oxygen atoms in total. The van der Waals surface area contributed by atoms with E-state index in [2.05, 4.69) is 10.6 Å². The Labute approximate surface area is 165 Å². The van der Waals surface area contributed by atoms with Crippen LogP contribution in [-0.4, -0.2) is 41.0 Å². The molecule has 2 N–H and O–H groups in total. The normalized spacial score (nSPS) is 10.8. The Kier molecular flexibility index (Phi) is 6.98. The van der Waals surface area contributed by atoms with E-state index in [-0.39, 0.29) is 11.4 Å². The number of ether oxygens (including phenoxy) is 4. The van der Waals surface area contributed by atoms with Crippen LogP contribution in [0.4, 0.5) is 10.5 Å². The van der Waals surface area contributed by atoms with E-state index in [9.17, 15) is 4.79 Å². The predicted octanol–water partition coefficient (Wildman–Crippen LogP) is 3.82. The average molecular weight is 388 g/mol. The van der Waals surface area contributed by atoms with E-state index < -0.39 is 0 Å². The van der Waals surface area contributed by atoms with Gasteiger partial charge in [-0.2, -0.15) is 0 Å². The molecule has 2 aromatic carbocycles. The lowest BCUT2D eigenvalue weighted by Gasteiger charge is -2.26. The summed E-state index contributed by atoms with van der Waals surface area (Å²) in [5.74, 6) is 2.47. The van der Waals surface area contributed by atoms with E-state index in [0.29, 0.717) is 35.2 Å². The Hall–Kier alpha value is -3.09. The molecule has 0 atom stereocenters. The standard InChI is InChI=1S/C21H28N2O5/c1-21(2,14-7-9-16(25-3)18(11-14)27-5)13-22-20(24)23-15-8-10-17(26-4)19(12-15)28-6/h7-12H,13H2,1-6H3,(H2,22,23,24). The first-order valence-electron chi connectivity index (χ1n) is 8.84. The Morgan fingerprint density at radius 3 is 1.93 bits per heavy atom. The van der Waals surface area contributed by atoms with Gasteiger partial charge in [-0.25, -0.2) is 4.79 Å². The van der Waals surface area contributed by atoms with Crippen LogP contribution in [0.1, 0.15) is 19.4 Å². The summed E-state index contributed by atoms with van der Waals surface area (Å²) in [4.78, 5) is 12.3. The first kappa shape index (κ1) is 21.2. The number of hydrogen-bond donors (Lipinski definition) is 2. The molecule has 0 aromatic heterocycles. The first-order valence-corrected chi connectivity index (χ1v) is 8.84. The van der Waals surface area contributed by atoms with Gasteiger partial charge in [0.2, 0.25) is 0 Å². The third-order valence-corrected chi connectivity index (χ3v) is 4.50. The number of rotatable bonds is 8. The minimum absolute atomic E-state index is 0.305. The molecule has 0 heterocycles. The Balaban J connectivity index is 2.03. The van der Waals surface area contributed by atoms with E-state index in [1.165, 1.54) is 0 Å². The molecular formula is C21H28N2O5. The molecule has 2 aromatic rings. The van der Waals surface area contributed by atoms with Gasteiger partial charge in [-0.05, 0) is 29.8 Å². The lowest BCUT2D eigenvalue weighted by atomic mass is 9.84. The van der Waals surface area contributed by atoms with Crippen LogP contribution in [-0.2, 0) is 5.41 Å². The Bertz CT molecular complexity index is 820. The predicted molar refractivity (Wildman–Crippen MR) is 109 cm³/mol. The third-order valence-electron chi connectivity index (χ3n) is 4.50. The number of methoxy groups -OCH3 is 4. The van der Waals surface area contributed by atoms with E-state index in [4.69, 9.17) is 18.9 Å². The maximum atomic E-state index is 12.3. The van der Waals surface area contributed by atoms with Crippen molar-refractivity contribution in [3.05, 3.63) is 42.0 Å². The monoisotopic (exact) mass is 388 g/mol. The molecule has 0 radical (unpaired) electrons. The van der Waals surface area contributed by atoms with Gasteiger partial charge in [-0.1, -0.05) is 19.9 Å². The largest absolute Gasteiger partial charge is 0.493 e. The number of nitrogens with one attached hydrogen (secondary N) is 2. The topological polar surface area (TPSA) is 78.1 Å². The van der Waals surface area contributed by atoms with Gasteiger partial charge in [-0.3, -0.25) is 0 Å².